The summed E-state index contributed by atoms with van der Waals surface area (Å²) < 4.78 is 5.11. The highest BCUT2D eigenvalue weighted by atomic mass is 32.2. The Balaban J connectivity index is 2.04. The second kappa shape index (κ2) is 4.95. The van der Waals surface area contributed by atoms with E-state index in [0.29, 0.717) is 5.22 Å². The van der Waals surface area contributed by atoms with Crippen molar-refractivity contribution >= 4 is 11.8 Å². The molecule has 0 unspecified atom stereocenters. The molecule has 2 aromatic heterocycles. The summed E-state index contributed by atoms with van der Waals surface area (Å²) in [7, 11) is 1.91. The topological polar surface area (TPSA) is 51.0 Å². The summed E-state index contributed by atoms with van der Waals surface area (Å²) in [6.07, 6.45) is 5.02. The van der Waals surface area contributed by atoms with Crippen molar-refractivity contribution in [2.24, 2.45) is 0 Å². The summed E-state index contributed by atoms with van der Waals surface area (Å²) in [6, 6.07) is 4.00. The largest absolute Gasteiger partial charge is 0.440 e. The van der Waals surface area contributed by atoms with Gasteiger partial charge in [0.15, 0.2) is 0 Å². The van der Waals surface area contributed by atoms with Gasteiger partial charge in [-0.05, 0) is 30.4 Å². The van der Waals surface area contributed by atoms with Gasteiger partial charge in [0.2, 0.25) is 0 Å². The Morgan fingerprint density at radius 1 is 1.40 bits per heavy atom. The van der Waals surface area contributed by atoms with Crippen LogP contribution in [0.4, 0.5) is 0 Å². The van der Waals surface area contributed by atoms with Crippen LogP contribution in [0.25, 0.3) is 0 Å². The highest BCUT2D eigenvalue weighted by molar-refractivity contribution is 7.99. The molecule has 2 rings (SSSR count). The molecule has 0 saturated carbocycles. The third-order valence-corrected chi connectivity index (χ3v) is 2.61. The molecule has 0 radical (unpaired) electrons. The quantitative estimate of drug-likeness (QED) is 0.855. The molecule has 78 valence electrons. The standard InChI is InChI=1S/C10H11N3OS/c1-11-6-8-2-3-9(13-7-8)15-10-12-4-5-14-10/h2-5,7,11H,6H2,1H3. The van der Waals surface area contributed by atoms with Crippen molar-refractivity contribution in [3.63, 3.8) is 0 Å². The van der Waals surface area contributed by atoms with Crippen LogP contribution in [0.2, 0.25) is 0 Å². The lowest BCUT2D eigenvalue weighted by Gasteiger charge is -2.00. The number of oxazole rings is 1. The molecule has 2 aromatic rings. The van der Waals surface area contributed by atoms with Crippen molar-refractivity contribution in [3.8, 4) is 0 Å². The Kier molecular flexibility index (Phi) is 3.37. The molecule has 0 aliphatic rings. The minimum absolute atomic E-state index is 0.615. The van der Waals surface area contributed by atoms with E-state index in [0.717, 1.165) is 17.1 Å². The van der Waals surface area contributed by atoms with E-state index in [2.05, 4.69) is 15.3 Å². The average molecular weight is 221 g/mol. The molecular weight excluding hydrogens is 210 g/mol. The van der Waals surface area contributed by atoms with E-state index in [-0.39, 0.29) is 0 Å². The second-order valence-corrected chi connectivity index (χ2v) is 3.91. The summed E-state index contributed by atoms with van der Waals surface area (Å²) in [4.78, 5) is 8.31. The monoisotopic (exact) mass is 221 g/mol. The fourth-order valence-electron chi connectivity index (χ4n) is 1.13. The van der Waals surface area contributed by atoms with Crippen LogP contribution in [0.1, 0.15) is 5.56 Å². The Labute approximate surface area is 92.1 Å². The third kappa shape index (κ3) is 2.81. The fourth-order valence-corrected chi connectivity index (χ4v) is 1.77. The number of aromatic nitrogens is 2. The molecule has 0 bridgehead atoms. The highest BCUT2D eigenvalue weighted by Crippen LogP contribution is 2.23. The SMILES string of the molecule is CNCc1ccc(Sc2ncco2)nc1. The lowest BCUT2D eigenvalue weighted by atomic mass is 10.3. The van der Waals surface area contributed by atoms with Crippen molar-refractivity contribution in [1.29, 1.82) is 0 Å². The summed E-state index contributed by atoms with van der Waals surface area (Å²) in [5.74, 6) is 0. The molecule has 0 aromatic carbocycles. The van der Waals surface area contributed by atoms with Gasteiger partial charge in [0.25, 0.3) is 5.22 Å². The normalized spacial score (nSPS) is 10.5. The first kappa shape index (κ1) is 10.2. The Hall–Kier alpha value is -1.33. The smallest absolute Gasteiger partial charge is 0.261 e. The first-order valence-corrected chi connectivity index (χ1v) is 5.37. The van der Waals surface area contributed by atoms with Gasteiger partial charge in [-0.2, -0.15) is 0 Å². The average Bonchev–Trinajstić information content (AvgIpc) is 2.74. The van der Waals surface area contributed by atoms with E-state index in [1.54, 1.807) is 12.5 Å². The minimum atomic E-state index is 0.615. The lowest BCUT2D eigenvalue weighted by Crippen LogP contribution is -2.04. The molecule has 2 heterocycles. The van der Waals surface area contributed by atoms with Gasteiger partial charge >= 0.3 is 0 Å². The van der Waals surface area contributed by atoms with Gasteiger partial charge < -0.3 is 9.73 Å². The van der Waals surface area contributed by atoms with Gasteiger partial charge in [0, 0.05) is 12.7 Å². The van der Waals surface area contributed by atoms with E-state index in [1.807, 2.05) is 25.4 Å². The zero-order valence-corrected chi connectivity index (χ0v) is 9.12. The zero-order valence-electron chi connectivity index (χ0n) is 8.30. The summed E-state index contributed by atoms with van der Waals surface area (Å²) in [5.41, 5.74) is 1.16. The van der Waals surface area contributed by atoms with E-state index >= 15 is 0 Å². The van der Waals surface area contributed by atoms with E-state index in [9.17, 15) is 0 Å². The predicted octanol–water partition coefficient (Wildman–Crippen LogP) is 1.94. The molecule has 0 aliphatic heterocycles. The fraction of sp³-hybridized carbons (Fsp3) is 0.200. The second-order valence-electron chi connectivity index (χ2n) is 2.94. The first-order valence-electron chi connectivity index (χ1n) is 4.55. The maximum atomic E-state index is 5.11. The van der Waals surface area contributed by atoms with Gasteiger partial charge in [-0.3, -0.25) is 0 Å². The molecule has 5 heteroatoms. The summed E-state index contributed by atoms with van der Waals surface area (Å²) >= 11 is 1.41. The molecule has 0 aliphatic carbocycles. The molecule has 1 N–H and O–H groups in total. The van der Waals surface area contributed by atoms with Crippen LogP contribution in [0, 0.1) is 0 Å². The maximum absolute atomic E-state index is 5.11. The molecule has 0 amide bonds. The van der Waals surface area contributed by atoms with Crippen molar-refractivity contribution in [2.75, 3.05) is 7.05 Å². The number of hydrogen-bond acceptors (Lipinski definition) is 5. The molecule has 15 heavy (non-hydrogen) atoms. The number of pyridine rings is 1. The van der Waals surface area contributed by atoms with E-state index < -0.39 is 0 Å². The number of rotatable bonds is 4. The van der Waals surface area contributed by atoms with Gasteiger partial charge in [-0.15, -0.1) is 0 Å². The summed E-state index contributed by atoms with van der Waals surface area (Å²) in [5, 5.41) is 4.57. The van der Waals surface area contributed by atoms with Gasteiger partial charge in [-0.25, -0.2) is 9.97 Å². The number of nitrogens with zero attached hydrogens (tertiary/aromatic N) is 2. The van der Waals surface area contributed by atoms with Crippen molar-refractivity contribution in [2.45, 2.75) is 16.8 Å². The minimum Gasteiger partial charge on any atom is -0.440 e. The maximum Gasteiger partial charge on any atom is 0.261 e. The number of nitrogens with one attached hydrogen (secondary N) is 1. The van der Waals surface area contributed by atoms with Crippen LogP contribution >= 0.6 is 11.8 Å². The highest BCUT2D eigenvalue weighted by Gasteiger charge is 2.02. The molecule has 0 saturated heterocycles. The van der Waals surface area contributed by atoms with Gasteiger partial charge in [-0.1, -0.05) is 6.07 Å². The van der Waals surface area contributed by atoms with Gasteiger partial charge in [0.05, 0.1) is 6.20 Å². The van der Waals surface area contributed by atoms with Crippen molar-refractivity contribution < 1.29 is 4.42 Å². The van der Waals surface area contributed by atoms with Crippen LogP contribution in [0.15, 0.2) is 45.5 Å². The molecule has 0 spiro atoms. The summed E-state index contributed by atoms with van der Waals surface area (Å²) in [6.45, 7) is 0.830. The molecular formula is C10H11N3OS. The Bertz CT molecular complexity index is 399. The third-order valence-electron chi connectivity index (χ3n) is 1.78. The predicted molar refractivity (Wildman–Crippen MR) is 57.6 cm³/mol. The Morgan fingerprint density at radius 2 is 2.33 bits per heavy atom. The van der Waals surface area contributed by atoms with E-state index in [4.69, 9.17) is 4.42 Å². The molecule has 4 nitrogen and oxygen atoms in total. The van der Waals surface area contributed by atoms with Gasteiger partial charge in [0.1, 0.15) is 11.3 Å². The van der Waals surface area contributed by atoms with Crippen molar-refractivity contribution in [3.05, 3.63) is 36.4 Å². The van der Waals surface area contributed by atoms with Crippen LogP contribution < -0.4 is 5.32 Å². The van der Waals surface area contributed by atoms with E-state index in [1.165, 1.54) is 11.8 Å². The number of hydrogen-bond donors (Lipinski definition) is 1. The first-order chi connectivity index (χ1) is 7.38. The van der Waals surface area contributed by atoms with Crippen LogP contribution in [-0.4, -0.2) is 17.0 Å². The Morgan fingerprint density at radius 3 is 2.93 bits per heavy atom. The van der Waals surface area contributed by atoms with Crippen LogP contribution in [0.3, 0.4) is 0 Å². The van der Waals surface area contributed by atoms with Crippen LogP contribution in [0.5, 0.6) is 0 Å². The van der Waals surface area contributed by atoms with Crippen molar-refractivity contribution in [1.82, 2.24) is 15.3 Å². The lowest BCUT2D eigenvalue weighted by molar-refractivity contribution is 0.454. The zero-order chi connectivity index (χ0) is 10.5. The molecule has 0 fully saturated rings. The molecule has 0 atom stereocenters. The van der Waals surface area contributed by atoms with Crippen LogP contribution in [-0.2, 0) is 6.54 Å².